The van der Waals surface area contributed by atoms with Gasteiger partial charge in [0, 0.05) is 6.42 Å². The zero-order valence-electron chi connectivity index (χ0n) is 15.9. The minimum Gasteiger partial charge on any atom is -0.501 e. The molecule has 4 aliphatic rings. The van der Waals surface area contributed by atoms with Gasteiger partial charge in [-0.3, -0.25) is 0 Å². The molecule has 0 heterocycles. The number of hydrogen-bond donors (Lipinski definition) is 1. The first-order valence-corrected chi connectivity index (χ1v) is 10.1. The molecule has 1 N–H and O–H groups in total. The van der Waals surface area contributed by atoms with Crippen LogP contribution in [-0.4, -0.2) is 17.8 Å². The van der Waals surface area contributed by atoms with E-state index in [0.717, 1.165) is 37.0 Å². The van der Waals surface area contributed by atoms with Crippen molar-refractivity contribution in [3.8, 4) is 0 Å². The van der Waals surface area contributed by atoms with Crippen LogP contribution in [0.15, 0.2) is 23.0 Å². The Morgan fingerprint density at radius 2 is 2.04 bits per heavy atom. The molecule has 0 aromatic heterocycles. The van der Waals surface area contributed by atoms with E-state index in [1.165, 1.54) is 37.9 Å². The molecule has 0 aromatic rings. The molecule has 0 bridgehead atoms. The normalized spacial score (nSPS) is 47.6. The molecular weight excluding hydrogens is 296 g/mol. The van der Waals surface area contributed by atoms with Crippen molar-refractivity contribution in [1.29, 1.82) is 0 Å². The third-order valence-electron chi connectivity index (χ3n) is 8.51. The van der Waals surface area contributed by atoms with Crippen LogP contribution in [0.4, 0.5) is 0 Å². The van der Waals surface area contributed by atoms with Crippen LogP contribution in [0.1, 0.15) is 72.1 Å². The maximum absolute atomic E-state index is 11.3. The standard InChI is InChI=1S/C22H34O2/c1-5-22(23)11-9-19-17-7-6-15-13-16(24-4)12-14(2)20(15)18(17)8-10-21(19,22)3/h12,14,17-19,23H,5-11,13H2,1-4H3/t14?,17-,18+,19+,21+,22?/m1/s1. The fourth-order valence-electron chi connectivity index (χ4n) is 7.14. The van der Waals surface area contributed by atoms with Crippen molar-refractivity contribution in [2.24, 2.45) is 29.1 Å². The number of aliphatic hydroxyl groups is 1. The summed E-state index contributed by atoms with van der Waals surface area (Å²) in [4.78, 5) is 0. The largest absolute Gasteiger partial charge is 0.501 e. The summed E-state index contributed by atoms with van der Waals surface area (Å²) in [6, 6.07) is 0. The Hall–Kier alpha value is -0.760. The summed E-state index contributed by atoms with van der Waals surface area (Å²) >= 11 is 0. The van der Waals surface area contributed by atoms with Gasteiger partial charge in [-0.25, -0.2) is 0 Å². The van der Waals surface area contributed by atoms with Crippen molar-refractivity contribution in [2.75, 3.05) is 7.11 Å². The Kier molecular flexibility index (Phi) is 3.91. The maximum atomic E-state index is 11.3. The van der Waals surface area contributed by atoms with Gasteiger partial charge >= 0.3 is 0 Å². The van der Waals surface area contributed by atoms with Crippen LogP contribution in [-0.2, 0) is 4.74 Å². The van der Waals surface area contributed by atoms with Gasteiger partial charge in [-0.15, -0.1) is 0 Å². The molecule has 4 rings (SSSR count). The quantitative estimate of drug-likeness (QED) is 0.702. The molecule has 2 nitrogen and oxygen atoms in total. The molecule has 134 valence electrons. The van der Waals surface area contributed by atoms with E-state index in [9.17, 15) is 5.11 Å². The van der Waals surface area contributed by atoms with Gasteiger partial charge in [0.1, 0.15) is 0 Å². The van der Waals surface area contributed by atoms with E-state index >= 15 is 0 Å². The zero-order chi connectivity index (χ0) is 17.1. The molecule has 0 radical (unpaired) electrons. The number of ether oxygens (including phenoxy) is 1. The first-order valence-electron chi connectivity index (χ1n) is 10.1. The molecule has 0 amide bonds. The van der Waals surface area contributed by atoms with Crippen LogP contribution in [0, 0.1) is 29.1 Å². The molecule has 2 saturated carbocycles. The topological polar surface area (TPSA) is 29.5 Å². The van der Waals surface area contributed by atoms with Gasteiger partial charge in [0.2, 0.25) is 0 Å². The van der Waals surface area contributed by atoms with Crippen LogP contribution >= 0.6 is 0 Å². The van der Waals surface area contributed by atoms with Crippen molar-refractivity contribution in [3.05, 3.63) is 23.0 Å². The van der Waals surface area contributed by atoms with Crippen LogP contribution < -0.4 is 0 Å². The number of fused-ring (bicyclic) bond motifs is 4. The van der Waals surface area contributed by atoms with Gasteiger partial charge in [0.05, 0.1) is 18.5 Å². The molecule has 24 heavy (non-hydrogen) atoms. The summed E-state index contributed by atoms with van der Waals surface area (Å²) in [6.07, 6.45) is 11.6. The van der Waals surface area contributed by atoms with E-state index in [4.69, 9.17) is 4.74 Å². The number of hydrogen-bond acceptors (Lipinski definition) is 2. The molecule has 0 spiro atoms. The smallest absolute Gasteiger partial charge is 0.0962 e. The summed E-state index contributed by atoms with van der Waals surface area (Å²) in [6.45, 7) is 6.95. The molecule has 2 fully saturated rings. The van der Waals surface area contributed by atoms with Crippen molar-refractivity contribution in [1.82, 2.24) is 0 Å². The van der Waals surface area contributed by atoms with E-state index < -0.39 is 5.60 Å². The second kappa shape index (κ2) is 5.62. The predicted molar refractivity (Wildman–Crippen MR) is 97.4 cm³/mol. The Bertz CT molecular complexity index is 589. The van der Waals surface area contributed by atoms with Gasteiger partial charge < -0.3 is 9.84 Å². The molecule has 6 atom stereocenters. The molecular formula is C22H34O2. The van der Waals surface area contributed by atoms with Crippen LogP contribution in [0.2, 0.25) is 0 Å². The Morgan fingerprint density at radius 1 is 1.25 bits per heavy atom. The molecule has 0 aliphatic heterocycles. The summed E-state index contributed by atoms with van der Waals surface area (Å²) in [5.74, 6) is 3.97. The lowest BCUT2D eigenvalue weighted by Crippen LogP contribution is -2.51. The van der Waals surface area contributed by atoms with Crippen LogP contribution in [0.3, 0.4) is 0 Å². The van der Waals surface area contributed by atoms with Crippen LogP contribution in [0.5, 0.6) is 0 Å². The first-order chi connectivity index (χ1) is 11.4. The van der Waals surface area contributed by atoms with Gasteiger partial charge in [0.15, 0.2) is 0 Å². The van der Waals surface area contributed by atoms with E-state index in [1.54, 1.807) is 11.1 Å². The zero-order valence-corrected chi connectivity index (χ0v) is 15.9. The highest BCUT2D eigenvalue weighted by atomic mass is 16.5. The Balaban J connectivity index is 1.65. The van der Waals surface area contributed by atoms with Crippen molar-refractivity contribution in [2.45, 2.75) is 77.7 Å². The summed E-state index contributed by atoms with van der Waals surface area (Å²) in [5.41, 5.74) is 3.15. The number of rotatable bonds is 2. The lowest BCUT2D eigenvalue weighted by atomic mass is 9.51. The Labute approximate surface area is 147 Å². The first kappa shape index (κ1) is 16.7. The third-order valence-corrected chi connectivity index (χ3v) is 8.51. The van der Waals surface area contributed by atoms with E-state index in [1.807, 2.05) is 7.11 Å². The van der Waals surface area contributed by atoms with E-state index in [0.29, 0.717) is 5.92 Å². The highest BCUT2D eigenvalue weighted by Crippen LogP contribution is 2.65. The molecule has 0 saturated heterocycles. The summed E-state index contributed by atoms with van der Waals surface area (Å²) in [7, 11) is 1.81. The summed E-state index contributed by atoms with van der Waals surface area (Å²) in [5, 5.41) is 11.3. The average Bonchev–Trinajstić information content (AvgIpc) is 2.86. The van der Waals surface area contributed by atoms with Crippen molar-refractivity contribution >= 4 is 0 Å². The van der Waals surface area contributed by atoms with Crippen molar-refractivity contribution < 1.29 is 9.84 Å². The van der Waals surface area contributed by atoms with Gasteiger partial charge in [-0.05, 0) is 80.1 Å². The molecule has 0 aromatic carbocycles. The summed E-state index contributed by atoms with van der Waals surface area (Å²) < 4.78 is 5.57. The minimum absolute atomic E-state index is 0.145. The van der Waals surface area contributed by atoms with Gasteiger partial charge in [-0.1, -0.05) is 31.9 Å². The minimum atomic E-state index is -0.418. The molecule has 2 unspecified atom stereocenters. The maximum Gasteiger partial charge on any atom is 0.0962 e. The second-order valence-electron chi connectivity index (χ2n) is 9.16. The van der Waals surface area contributed by atoms with Crippen molar-refractivity contribution in [3.63, 3.8) is 0 Å². The fourth-order valence-corrected chi connectivity index (χ4v) is 7.14. The van der Waals surface area contributed by atoms with Crippen LogP contribution in [0.25, 0.3) is 0 Å². The molecule has 2 heteroatoms. The SMILES string of the molecule is CCC1(O)CC[C@H]2[C@@H]3CCC4=C(C(C)C=C(OC)C4)[C@H]3CC[C@@]21C. The van der Waals surface area contributed by atoms with E-state index in [2.05, 4.69) is 26.8 Å². The highest BCUT2D eigenvalue weighted by Gasteiger charge is 2.61. The average molecular weight is 331 g/mol. The molecule has 4 aliphatic carbocycles. The fraction of sp³-hybridized carbons (Fsp3) is 0.818. The Morgan fingerprint density at radius 3 is 2.75 bits per heavy atom. The highest BCUT2D eigenvalue weighted by molar-refractivity contribution is 5.35. The number of allylic oxidation sites excluding steroid dienone is 3. The van der Waals surface area contributed by atoms with Gasteiger partial charge in [-0.2, -0.15) is 0 Å². The van der Waals surface area contributed by atoms with Gasteiger partial charge in [0.25, 0.3) is 0 Å². The monoisotopic (exact) mass is 330 g/mol. The predicted octanol–water partition coefficient (Wildman–Crippen LogP) is 5.23. The number of methoxy groups -OCH3 is 1. The lowest BCUT2D eigenvalue weighted by molar-refractivity contribution is -0.109. The lowest BCUT2D eigenvalue weighted by Gasteiger charge is -2.54. The third kappa shape index (κ3) is 2.11. The van der Waals surface area contributed by atoms with E-state index in [-0.39, 0.29) is 5.41 Å². The second-order valence-corrected chi connectivity index (χ2v) is 9.16.